The number of rotatable bonds is 3. The SMILES string of the molecule is Cn1cc(Nc2ccc(N)c(OC(C)(C)C)n2)cn1. The van der Waals surface area contributed by atoms with Crippen molar-refractivity contribution in [2.24, 2.45) is 7.05 Å². The van der Waals surface area contributed by atoms with E-state index in [0.717, 1.165) is 5.69 Å². The highest BCUT2D eigenvalue weighted by Gasteiger charge is 2.15. The fraction of sp³-hybridized carbons (Fsp3) is 0.385. The van der Waals surface area contributed by atoms with Crippen LogP contribution in [0.2, 0.25) is 0 Å². The van der Waals surface area contributed by atoms with Crippen molar-refractivity contribution in [3.63, 3.8) is 0 Å². The van der Waals surface area contributed by atoms with Gasteiger partial charge in [-0.1, -0.05) is 0 Å². The summed E-state index contributed by atoms with van der Waals surface area (Å²) in [6.07, 6.45) is 3.59. The molecular formula is C13H19N5O. The van der Waals surface area contributed by atoms with Crippen molar-refractivity contribution < 1.29 is 4.74 Å². The number of hydrogen-bond acceptors (Lipinski definition) is 5. The third kappa shape index (κ3) is 3.61. The highest BCUT2D eigenvalue weighted by molar-refractivity contribution is 5.59. The molecule has 0 amide bonds. The van der Waals surface area contributed by atoms with Gasteiger partial charge in [0.15, 0.2) is 0 Å². The second-order valence-corrected chi connectivity index (χ2v) is 5.33. The summed E-state index contributed by atoms with van der Waals surface area (Å²) >= 11 is 0. The van der Waals surface area contributed by atoms with Crippen molar-refractivity contribution in [2.45, 2.75) is 26.4 Å². The summed E-state index contributed by atoms with van der Waals surface area (Å²) in [6, 6.07) is 3.57. The molecule has 0 fully saturated rings. The zero-order valence-electron chi connectivity index (χ0n) is 11.6. The van der Waals surface area contributed by atoms with Crippen LogP contribution < -0.4 is 15.8 Å². The van der Waals surface area contributed by atoms with Crippen molar-refractivity contribution in [1.29, 1.82) is 0 Å². The van der Waals surface area contributed by atoms with Crippen LogP contribution in [-0.4, -0.2) is 20.4 Å². The van der Waals surface area contributed by atoms with Crippen LogP contribution in [0.1, 0.15) is 20.8 Å². The molecule has 0 saturated heterocycles. The minimum atomic E-state index is -0.339. The molecule has 102 valence electrons. The quantitative estimate of drug-likeness (QED) is 0.886. The lowest BCUT2D eigenvalue weighted by molar-refractivity contribution is 0.125. The van der Waals surface area contributed by atoms with Gasteiger partial charge in [-0.3, -0.25) is 4.68 Å². The number of anilines is 3. The number of nitrogens with one attached hydrogen (secondary N) is 1. The average molecular weight is 261 g/mol. The molecule has 0 aliphatic heterocycles. The van der Waals surface area contributed by atoms with Crippen LogP contribution in [-0.2, 0) is 7.05 Å². The summed E-state index contributed by atoms with van der Waals surface area (Å²) in [7, 11) is 1.86. The van der Waals surface area contributed by atoms with Crippen LogP contribution in [0.5, 0.6) is 5.88 Å². The lowest BCUT2D eigenvalue weighted by Gasteiger charge is -2.21. The molecule has 3 N–H and O–H groups in total. The van der Waals surface area contributed by atoms with E-state index in [1.54, 1.807) is 23.0 Å². The molecule has 2 aromatic rings. The molecule has 0 radical (unpaired) electrons. The Labute approximate surface area is 112 Å². The van der Waals surface area contributed by atoms with E-state index in [2.05, 4.69) is 15.4 Å². The maximum atomic E-state index is 5.86. The van der Waals surface area contributed by atoms with Gasteiger partial charge in [-0.25, -0.2) is 0 Å². The van der Waals surface area contributed by atoms with E-state index in [-0.39, 0.29) is 5.60 Å². The van der Waals surface area contributed by atoms with Crippen molar-refractivity contribution in [1.82, 2.24) is 14.8 Å². The highest BCUT2D eigenvalue weighted by atomic mass is 16.5. The van der Waals surface area contributed by atoms with Gasteiger partial charge in [0.2, 0.25) is 5.88 Å². The maximum Gasteiger partial charge on any atom is 0.239 e. The van der Waals surface area contributed by atoms with Gasteiger partial charge in [-0.05, 0) is 32.9 Å². The first-order valence-electron chi connectivity index (χ1n) is 6.05. The summed E-state index contributed by atoms with van der Waals surface area (Å²) in [6.45, 7) is 5.86. The summed E-state index contributed by atoms with van der Waals surface area (Å²) < 4.78 is 7.43. The largest absolute Gasteiger partial charge is 0.470 e. The number of hydrogen-bond donors (Lipinski definition) is 2. The fourth-order valence-corrected chi connectivity index (χ4v) is 1.53. The second kappa shape index (κ2) is 4.79. The summed E-state index contributed by atoms with van der Waals surface area (Å²) in [5.74, 6) is 1.10. The van der Waals surface area contributed by atoms with Crippen LogP contribution in [0.3, 0.4) is 0 Å². The molecular weight excluding hydrogens is 242 g/mol. The van der Waals surface area contributed by atoms with Gasteiger partial charge < -0.3 is 15.8 Å². The zero-order valence-corrected chi connectivity index (χ0v) is 11.6. The first-order chi connectivity index (χ1) is 8.83. The Morgan fingerprint density at radius 1 is 1.32 bits per heavy atom. The number of ether oxygens (including phenoxy) is 1. The first-order valence-corrected chi connectivity index (χ1v) is 6.05. The Kier molecular flexibility index (Phi) is 3.33. The minimum absolute atomic E-state index is 0.339. The van der Waals surface area contributed by atoms with Crippen LogP contribution in [0.25, 0.3) is 0 Å². The Bertz CT molecular complexity index is 571. The second-order valence-electron chi connectivity index (χ2n) is 5.33. The van der Waals surface area contributed by atoms with Gasteiger partial charge in [0.05, 0.1) is 17.6 Å². The van der Waals surface area contributed by atoms with E-state index in [4.69, 9.17) is 10.5 Å². The van der Waals surface area contributed by atoms with Gasteiger partial charge in [0, 0.05) is 13.2 Å². The van der Waals surface area contributed by atoms with Crippen LogP contribution >= 0.6 is 0 Å². The molecule has 0 spiro atoms. The molecule has 2 heterocycles. The molecule has 0 aliphatic rings. The van der Waals surface area contributed by atoms with E-state index >= 15 is 0 Å². The monoisotopic (exact) mass is 261 g/mol. The Balaban J connectivity index is 2.21. The smallest absolute Gasteiger partial charge is 0.239 e. The molecule has 2 rings (SSSR count). The van der Waals surface area contributed by atoms with Gasteiger partial charge in [0.1, 0.15) is 11.4 Å². The highest BCUT2D eigenvalue weighted by Crippen LogP contribution is 2.26. The molecule has 19 heavy (non-hydrogen) atoms. The van der Waals surface area contributed by atoms with Gasteiger partial charge in [0.25, 0.3) is 0 Å². The molecule has 0 unspecified atom stereocenters. The van der Waals surface area contributed by atoms with Crippen LogP contribution in [0.15, 0.2) is 24.5 Å². The summed E-state index contributed by atoms with van der Waals surface area (Å²) in [5, 5.41) is 7.23. The standard InChI is InChI=1S/C13H19N5O/c1-13(2,3)19-12-10(14)5-6-11(17-12)16-9-7-15-18(4)8-9/h5-8H,14H2,1-4H3,(H,16,17). The molecule has 0 bridgehead atoms. The Morgan fingerprint density at radius 3 is 2.63 bits per heavy atom. The first kappa shape index (κ1) is 13.2. The number of nitrogen functional groups attached to an aromatic ring is 1. The normalized spacial score (nSPS) is 11.4. The predicted molar refractivity (Wildman–Crippen MR) is 75.5 cm³/mol. The number of nitrogens with two attached hydrogens (primary N) is 1. The number of aryl methyl sites for hydroxylation is 1. The van der Waals surface area contributed by atoms with Crippen molar-refractivity contribution in [3.8, 4) is 5.88 Å². The molecule has 0 saturated carbocycles. The van der Waals surface area contributed by atoms with Crippen LogP contribution in [0, 0.1) is 0 Å². The van der Waals surface area contributed by atoms with Crippen molar-refractivity contribution in [2.75, 3.05) is 11.1 Å². The Morgan fingerprint density at radius 2 is 2.05 bits per heavy atom. The summed E-state index contributed by atoms with van der Waals surface area (Å²) in [4.78, 5) is 4.37. The van der Waals surface area contributed by atoms with E-state index < -0.39 is 0 Å². The predicted octanol–water partition coefficient (Wildman–Crippen LogP) is 2.32. The van der Waals surface area contributed by atoms with E-state index in [0.29, 0.717) is 17.4 Å². The van der Waals surface area contributed by atoms with E-state index in [1.165, 1.54) is 0 Å². The summed E-state index contributed by atoms with van der Waals surface area (Å²) in [5.41, 5.74) is 6.91. The van der Waals surface area contributed by atoms with Crippen LogP contribution in [0.4, 0.5) is 17.2 Å². The average Bonchev–Trinajstić information content (AvgIpc) is 2.67. The third-order valence-corrected chi connectivity index (χ3v) is 2.27. The molecule has 0 atom stereocenters. The Hall–Kier alpha value is -2.24. The third-order valence-electron chi connectivity index (χ3n) is 2.27. The lowest BCUT2D eigenvalue weighted by Crippen LogP contribution is -2.24. The fourth-order valence-electron chi connectivity index (χ4n) is 1.53. The molecule has 6 heteroatoms. The van der Waals surface area contributed by atoms with Crippen molar-refractivity contribution in [3.05, 3.63) is 24.5 Å². The van der Waals surface area contributed by atoms with Gasteiger partial charge in [-0.15, -0.1) is 0 Å². The van der Waals surface area contributed by atoms with E-state index in [9.17, 15) is 0 Å². The van der Waals surface area contributed by atoms with Crippen molar-refractivity contribution >= 4 is 17.2 Å². The molecule has 2 aromatic heterocycles. The molecule has 0 aliphatic carbocycles. The number of nitrogens with zero attached hydrogens (tertiary/aromatic N) is 3. The lowest BCUT2D eigenvalue weighted by atomic mass is 10.2. The molecule has 6 nitrogen and oxygen atoms in total. The van der Waals surface area contributed by atoms with Gasteiger partial charge >= 0.3 is 0 Å². The van der Waals surface area contributed by atoms with E-state index in [1.807, 2.05) is 34.0 Å². The zero-order chi connectivity index (χ0) is 14.0. The molecule has 0 aromatic carbocycles. The number of aromatic nitrogens is 3. The van der Waals surface area contributed by atoms with Gasteiger partial charge in [-0.2, -0.15) is 10.1 Å². The number of pyridine rings is 1. The topological polar surface area (TPSA) is 78.0 Å². The minimum Gasteiger partial charge on any atom is -0.470 e. The maximum absolute atomic E-state index is 5.86.